The Hall–Kier alpha value is -1.04. The van der Waals surface area contributed by atoms with Crippen LogP contribution in [0.4, 0.5) is 8.78 Å². The van der Waals surface area contributed by atoms with Gasteiger partial charge in [0, 0.05) is 6.04 Å². The monoisotopic (exact) mass is 358 g/mol. The lowest BCUT2D eigenvalue weighted by Crippen LogP contribution is -2.44. The van der Waals surface area contributed by atoms with Crippen molar-refractivity contribution in [3.63, 3.8) is 0 Å². The number of amides is 1. The van der Waals surface area contributed by atoms with Crippen molar-refractivity contribution in [3.8, 4) is 0 Å². The molecule has 1 N–H and O–H groups in total. The van der Waals surface area contributed by atoms with Gasteiger partial charge in [0.1, 0.15) is 10.6 Å². The lowest BCUT2D eigenvalue weighted by Gasteiger charge is -2.36. The van der Waals surface area contributed by atoms with Crippen molar-refractivity contribution >= 4 is 17.2 Å². The number of nitrogens with zero attached hydrogens (tertiary/aromatic N) is 1. The molecule has 1 saturated carbocycles. The van der Waals surface area contributed by atoms with E-state index in [-0.39, 0.29) is 22.5 Å². The number of halogens is 2. The number of hydrogen-bond acceptors (Lipinski definition) is 3. The van der Waals surface area contributed by atoms with Gasteiger partial charge in [-0.15, -0.1) is 11.3 Å². The number of carbonyl (C=O) groups is 1. The molecule has 1 amide bonds. The second-order valence-corrected chi connectivity index (χ2v) is 8.59. The van der Waals surface area contributed by atoms with Crippen LogP contribution in [0.1, 0.15) is 79.7 Å². The van der Waals surface area contributed by atoms with Crippen molar-refractivity contribution in [2.75, 3.05) is 0 Å². The topological polar surface area (TPSA) is 42.0 Å². The quantitative estimate of drug-likeness (QED) is 0.744. The van der Waals surface area contributed by atoms with E-state index in [9.17, 15) is 13.6 Å². The van der Waals surface area contributed by atoms with Crippen LogP contribution in [0.25, 0.3) is 0 Å². The Bertz CT molecular complexity index is 559. The Balaban J connectivity index is 2.11. The van der Waals surface area contributed by atoms with Crippen LogP contribution < -0.4 is 5.32 Å². The maximum Gasteiger partial charge on any atom is 0.282 e. The first-order valence-corrected chi connectivity index (χ1v) is 9.67. The summed E-state index contributed by atoms with van der Waals surface area (Å²) in [5.41, 5.74) is -0.377. The zero-order chi connectivity index (χ0) is 17.9. The van der Waals surface area contributed by atoms with Gasteiger partial charge in [-0.1, -0.05) is 33.6 Å². The van der Waals surface area contributed by atoms with Crippen LogP contribution in [-0.4, -0.2) is 16.9 Å². The fourth-order valence-electron chi connectivity index (χ4n) is 3.93. The number of carbonyl (C=O) groups excluding carboxylic acids is 1. The van der Waals surface area contributed by atoms with Gasteiger partial charge in [0.05, 0.1) is 5.01 Å². The second kappa shape index (κ2) is 8.37. The Morgan fingerprint density at radius 3 is 2.58 bits per heavy atom. The molecule has 3 nitrogen and oxygen atoms in total. The Morgan fingerprint density at radius 2 is 1.96 bits per heavy atom. The number of nitrogens with one attached hydrogen (secondary N) is 1. The van der Waals surface area contributed by atoms with E-state index in [4.69, 9.17) is 0 Å². The minimum Gasteiger partial charge on any atom is -0.348 e. The van der Waals surface area contributed by atoms with Gasteiger partial charge in [-0.3, -0.25) is 4.79 Å². The molecule has 24 heavy (non-hydrogen) atoms. The number of rotatable bonds is 6. The highest BCUT2D eigenvalue weighted by molar-refractivity contribution is 7.13. The first-order valence-electron chi connectivity index (χ1n) is 8.86. The van der Waals surface area contributed by atoms with Gasteiger partial charge >= 0.3 is 0 Å². The zero-order valence-corrected chi connectivity index (χ0v) is 15.8. The van der Waals surface area contributed by atoms with Gasteiger partial charge in [-0.25, -0.2) is 13.8 Å². The normalized spacial score (nSPS) is 22.8. The largest absolute Gasteiger partial charge is 0.348 e. The van der Waals surface area contributed by atoms with Crippen molar-refractivity contribution in [2.45, 2.75) is 72.3 Å². The highest BCUT2D eigenvalue weighted by Gasteiger charge is 2.32. The maximum absolute atomic E-state index is 13.1. The molecule has 0 bridgehead atoms. The molecule has 0 aliphatic heterocycles. The molecular formula is C18H28F2N2OS. The average molecular weight is 358 g/mol. The van der Waals surface area contributed by atoms with E-state index in [0.717, 1.165) is 37.0 Å². The SMILES string of the molecule is Cc1nc(C(F)F)c(C(=O)NC2CCCCC2C(C)CC(C)C)s1. The van der Waals surface area contributed by atoms with Crippen LogP contribution in [0, 0.1) is 24.7 Å². The first kappa shape index (κ1) is 19.3. The van der Waals surface area contributed by atoms with Gasteiger partial charge in [-0.2, -0.15) is 0 Å². The predicted octanol–water partition coefficient (Wildman–Crippen LogP) is 5.36. The minimum absolute atomic E-state index is 0.0725. The van der Waals surface area contributed by atoms with Gasteiger partial charge in [0.15, 0.2) is 0 Å². The third-order valence-corrected chi connectivity index (χ3v) is 5.87. The summed E-state index contributed by atoms with van der Waals surface area (Å²) in [6.45, 7) is 8.32. The molecule has 3 atom stereocenters. The van der Waals surface area contributed by atoms with Crippen molar-refractivity contribution in [3.05, 3.63) is 15.6 Å². The Kier molecular flexibility index (Phi) is 6.72. The molecule has 1 aromatic heterocycles. The van der Waals surface area contributed by atoms with Crippen molar-refractivity contribution in [2.24, 2.45) is 17.8 Å². The molecule has 0 spiro atoms. The van der Waals surface area contributed by atoms with Crippen LogP contribution in [0.15, 0.2) is 0 Å². The van der Waals surface area contributed by atoms with Crippen molar-refractivity contribution in [1.82, 2.24) is 10.3 Å². The van der Waals surface area contributed by atoms with E-state index in [0.29, 0.717) is 22.8 Å². The zero-order valence-electron chi connectivity index (χ0n) is 14.9. The van der Waals surface area contributed by atoms with Gasteiger partial charge in [-0.05, 0) is 43.9 Å². The van der Waals surface area contributed by atoms with Crippen LogP contribution in [0.3, 0.4) is 0 Å². The number of aromatic nitrogens is 1. The summed E-state index contributed by atoms with van der Waals surface area (Å²) in [5, 5.41) is 3.55. The van der Waals surface area contributed by atoms with Gasteiger partial charge < -0.3 is 5.32 Å². The molecular weight excluding hydrogens is 330 g/mol. The third kappa shape index (κ3) is 4.74. The highest BCUT2D eigenvalue weighted by Crippen LogP contribution is 2.34. The van der Waals surface area contributed by atoms with E-state index in [2.05, 4.69) is 31.1 Å². The van der Waals surface area contributed by atoms with Gasteiger partial charge in [0.2, 0.25) is 0 Å². The fraction of sp³-hybridized carbons (Fsp3) is 0.778. The summed E-state index contributed by atoms with van der Waals surface area (Å²) in [7, 11) is 0. The summed E-state index contributed by atoms with van der Waals surface area (Å²) in [6.07, 6.45) is 2.71. The predicted molar refractivity (Wildman–Crippen MR) is 93.6 cm³/mol. The summed E-state index contributed by atoms with van der Waals surface area (Å²) < 4.78 is 26.2. The number of aryl methyl sites for hydroxylation is 1. The number of alkyl halides is 2. The maximum atomic E-state index is 13.1. The molecule has 2 rings (SSSR count). The molecule has 1 fully saturated rings. The van der Waals surface area contributed by atoms with E-state index >= 15 is 0 Å². The first-order chi connectivity index (χ1) is 11.3. The number of hydrogen-bond donors (Lipinski definition) is 1. The van der Waals surface area contributed by atoms with E-state index in [1.54, 1.807) is 6.92 Å². The van der Waals surface area contributed by atoms with E-state index < -0.39 is 6.43 Å². The van der Waals surface area contributed by atoms with Crippen molar-refractivity contribution in [1.29, 1.82) is 0 Å². The Morgan fingerprint density at radius 1 is 1.29 bits per heavy atom. The molecule has 6 heteroatoms. The molecule has 1 heterocycles. The lowest BCUT2D eigenvalue weighted by molar-refractivity contribution is 0.0869. The molecule has 0 radical (unpaired) electrons. The molecule has 1 aromatic rings. The van der Waals surface area contributed by atoms with E-state index in [1.165, 1.54) is 6.42 Å². The molecule has 1 aliphatic carbocycles. The standard InChI is InChI=1S/C18H28F2N2OS/c1-10(2)9-11(3)13-7-5-6-8-14(13)22-18(23)16-15(17(19)20)21-12(4)24-16/h10-11,13-14,17H,5-9H2,1-4H3,(H,22,23). The van der Waals surface area contributed by atoms with Crippen LogP contribution in [0.5, 0.6) is 0 Å². The molecule has 136 valence electrons. The molecule has 1 aliphatic rings. The second-order valence-electron chi connectivity index (χ2n) is 7.38. The third-order valence-electron chi connectivity index (χ3n) is 4.88. The highest BCUT2D eigenvalue weighted by atomic mass is 32.1. The van der Waals surface area contributed by atoms with Crippen molar-refractivity contribution < 1.29 is 13.6 Å². The summed E-state index contributed by atoms with van der Waals surface area (Å²) >= 11 is 1.06. The smallest absolute Gasteiger partial charge is 0.282 e. The van der Waals surface area contributed by atoms with E-state index in [1.807, 2.05) is 0 Å². The van der Waals surface area contributed by atoms with Crippen LogP contribution >= 0.6 is 11.3 Å². The lowest BCUT2D eigenvalue weighted by atomic mass is 9.74. The Labute approximate surface area is 147 Å². The summed E-state index contributed by atoms with van der Waals surface area (Å²) in [5.74, 6) is 1.18. The fourth-order valence-corrected chi connectivity index (χ4v) is 4.76. The van der Waals surface area contributed by atoms with Crippen LogP contribution in [-0.2, 0) is 0 Å². The van der Waals surface area contributed by atoms with Crippen LogP contribution in [0.2, 0.25) is 0 Å². The molecule has 0 aromatic carbocycles. The minimum atomic E-state index is -2.71. The number of thiazole rings is 1. The summed E-state index contributed by atoms with van der Waals surface area (Å²) in [4.78, 5) is 16.5. The van der Waals surface area contributed by atoms with Gasteiger partial charge in [0.25, 0.3) is 12.3 Å². The molecule has 3 unspecified atom stereocenters. The summed E-state index contributed by atoms with van der Waals surface area (Å²) in [6, 6.07) is 0.0768. The average Bonchev–Trinajstić information content (AvgIpc) is 2.89. The molecule has 0 saturated heterocycles.